The van der Waals surface area contributed by atoms with Crippen LogP contribution in [0.5, 0.6) is 5.75 Å². The molecule has 3 aromatic rings. The summed E-state index contributed by atoms with van der Waals surface area (Å²) in [5.74, 6) is 0.435. The summed E-state index contributed by atoms with van der Waals surface area (Å²) in [6.07, 6.45) is 0. The lowest BCUT2D eigenvalue weighted by Crippen LogP contribution is -2.06. The van der Waals surface area contributed by atoms with Crippen molar-refractivity contribution in [2.24, 2.45) is 0 Å². The van der Waals surface area contributed by atoms with Gasteiger partial charge in [0.25, 0.3) is 0 Å². The quantitative estimate of drug-likeness (QED) is 0.497. The summed E-state index contributed by atoms with van der Waals surface area (Å²) in [6.45, 7) is 0.777. The van der Waals surface area contributed by atoms with E-state index in [1.54, 1.807) is 31.4 Å². The Labute approximate surface area is 152 Å². The fourth-order valence-electron chi connectivity index (χ4n) is 2.35. The number of nitrogens with zero attached hydrogens (tertiary/aromatic N) is 2. The van der Waals surface area contributed by atoms with Gasteiger partial charge in [-0.1, -0.05) is 15.9 Å². The number of nitrogens with two attached hydrogens (primary N) is 2. The Balaban J connectivity index is 2.08. The number of ether oxygens (including phenoxy) is 2. The molecule has 6 nitrogen and oxygen atoms in total. The molecule has 8 heteroatoms. The van der Waals surface area contributed by atoms with Crippen LogP contribution in [0.4, 0.5) is 15.9 Å². The molecule has 1 aromatic heterocycles. The largest absolute Gasteiger partial charge is 0.489 e. The number of benzene rings is 2. The molecule has 0 saturated heterocycles. The summed E-state index contributed by atoms with van der Waals surface area (Å²) in [4.78, 5) is 8.62. The highest BCUT2D eigenvalue weighted by atomic mass is 79.9. The summed E-state index contributed by atoms with van der Waals surface area (Å²) in [5.41, 5.74) is 13.2. The molecule has 0 aliphatic rings. The lowest BCUT2D eigenvalue weighted by atomic mass is 10.1. The number of rotatable bonds is 5. The van der Waals surface area contributed by atoms with E-state index in [2.05, 4.69) is 25.9 Å². The monoisotopic (exact) mass is 406 g/mol. The highest BCUT2D eigenvalue weighted by molar-refractivity contribution is 9.10. The SMILES string of the molecule is COCCOc1cc2nc(-c3ccc(Br)cc3F)nc(N)c2cc1N. The molecule has 0 bridgehead atoms. The molecule has 3 rings (SSSR count). The number of aromatic nitrogens is 2. The molecule has 0 fully saturated rings. The second-order valence-electron chi connectivity index (χ2n) is 5.31. The lowest BCUT2D eigenvalue weighted by Gasteiger charge is -2.12. The van der Waals surface area contributed by atoms with E-state index in [9.17, 15) is 4.39 Å². The summed E-state index contributed by atoms with van der Waals surface area (Å²) >= 11 is 3.22. The van der Waals surface area contributed by atoms with Crippen molar-refractivity contribution in [3.63, 3.8) is 0 Å². The average Bonchev–Trinajstić information content (AvgIpc) is 2.56. The predicted molar refractivity (Wildman–Crippen MR) is 98.8 cm³/mol. The second-order valence-corrected chi connectivity index (χ2v) is 6.22. The maximum atomic E-state index is 14.2. The van der Waals surface area contributed by atoms with Gasteiger partial charge in [0.15, 0.2) is 5.82 Å². The Morgan fingerprint density at radius 2 is 1.92 bits per heavy atom. The number of hydrogen-bond donors (Lipinski definition) is 2. The second kappa shape index (κ2) is 7.20. The van der Waals surface area contributed by atoms with Crippen LogP contribution in [-0.2, 0) is 4.74 Å². The smallest absolute Gasteiger partial charge is 0.165 e. The summed E-state index contributed by atoms with van der Waals surface area (Å²) in [5, 5.41) is 0.581. The van der Waals surface area contributed by atoms with Crippen LogP contribution in [0.2, 0.25) is 0 Å². The Kier molecular flexibility index (Phi) is 5.00. The first-order valence-corrected chi connectivity index (χ1v) is 8.23. The van der Waals surface area contributed by atoms with E-state index in [1.165, 1.54) is 6.07 Å². The minimum absolute atomic E-state index is 0.197. The molecule has 130 valence electrons. The van der Waals surface area contributed by atoms with E-state index in [1.807, 2.05) is 0 Å². The van der Waals surface area contributed by atoms with Crippen LogP contribution in [0.25, 0.3) is 22.3 Å². The standard InChI is InChI=1S/C17H16BrFN4O2/c1-24-4-5-25-15-8-14-11(7-13(15)20)16(21)23-17(22-14)10-3-2-9(18)6-12(10)19/h2-3,6-8H,4-5,20H2,1H3,(H2,21,22,23). The maximum absolute atomic E-state index is 14.2. The number of methoxy groups -OCH3 is 1. The van der Waals surface area contributed by atoms with Crippen LogP contribution in [0, 0.1) is 5.82 Å². The first-order valence-electron chi connectivity index (χ1n) is 7.43. The van der Waals surface area contributed by atoms with Gasteiger partial charge in [0.2, 0.25) is 0 Å². The zero-order valence-corrected chi connectivity index (χ0v) is 15.0. The Morgan fingerprint density at radius 3 is 2.64 bits per heavy atom. The number of hydrogen-bond acceptors (Lipinski definition) is 6. The van der Waals surface area contributed by atoms with Crippen molar-refractivity contribution >= 4 is 38.3 Å². The number of anilines is 2. The van der Waals surface area contributed by atoms with E-state index >= 15 is 0 Å². The van der Waals surface area contributed by atoms with Gasteiger partial charge in [-0.2, -0.15) is 0 Å². The minimum Gasteiger partial charge on any atom is -0.489 e. The Bertz CT molecular complexity index is 936. The highest BCUT2D eigenvalue weighted by Crippen LogP contribution is 2.32. The van der Waals surface area contributed by atoms with E-state index < -0.39 is 5.82 Å². The molecule has 0 unspecified atom stereocenters. The first kappa shape index (κ1) is 17.4. The van der Waals surface area contributed by atoms with Gasteiger partial charge in [0, 0.05) is 23.0 Å². The molecule has 0 amide bonds. The van der Waals surface area contributed by atoms with Crippen molar-refractivity contribution in [2.75, 3.05) is 31.8 Å². The van der Waals surface area contributed by atoms with Gasteiger partial charge in [0.1, 0.15) is 24.0 Å². The van der Waals surface area contributed by atoms with Gasteiger partial charge >= 0.3 is 0 Å². The van der Waals surface area contributed by atoms with Gasteiger partial charge in [-0.05, 0) is 24.3 Å². The molecule has 0 spiro atoms. The Hall–Kier alpha value is -2.45. The van der Waals surface area contributed by atoms with Gasteiger partial charge < -0.3 is 20.9 Å². The van der Waals surface area contributed by atoms with E-state index in [0.29, 0.717) is 40.0 Å². The van der Waals surface area contributed by atoms with Crippen molar-refractivity contribution in [3.8, 4) is 17.1 Å². The lowest BCUT2D eigenvalue weighted by molar-refractivity contribution is 0.147. The summed E-state index contributed by atoms with van der Waals surface area (Å²) in [6, 6.07) is 7.96. The van der Waals surface area contributed by atoms with Crippen molar-refractivity contribution in [1.82, 2.24) is 9.97 Å². The third-order valence-electron chi connectivity index (χ3n) is 3.57. The van der Waals surface area contributed by atoms with Gasteiger partial charge in [0.05, 0.1) is 23.4 Å². The van der Waals surface area contributed by atoms with Crippen LogP contribution in [0.15, 0.2) is 34.8 Å². The predicted octanol–water partition coefficient (Wildman–Crippen LogP) is 3.39. The molecule has 1 heterocycles. The van der Waals surface area contributed by atoms with Crippen LogP contribution in [0.3, 0.4) is 0 Å². The molecule has 2 aromatic carbocycles. The topological polar surface area (TPSA) is 96.3 Å². The number of halogens is 2. The van der Waals surface area contributed by atoms with Crippen molar-refractivity contribution in [3.05, 3.63) is 40.6 Å². The van der Waals surface area contributed by atoms with Crippen LogP contribution >= 0.6 is 15.9 Å². The third kappa shape index (κ3) is 3.64. The minimum atomic E-state index is -0.444. The Morgan fingerprint density at radius 1 is 1.12 bits per heavy atom. The van der Waals surface area contributed by atoms with Crippen molar-refractivity contribution in [1.29, 1.82) is 0 Å². The third-order valence-corrected chi connectivity index (χ3v) is 4.07. The molecule has 0 aliphatic heterocycles. The van der Waals surface area contributed by atoms with Crippen LogP contribution in [-0.4, -0.2) is 30.3 Å². The van der Waals surface area contributed by atoms with Crippen LogP contribution in [0.1, 0.15) is 0 Å². The van der Waals surface area contributed by atoms with E-state index in [0.717, 1.165) is 0 Å². The molecule has 0 radical (unpaired) electrons. The summed E-state index contributed by atoms with van der Waals surface area (Å²) < 4.78 is 25.4. The van der Waals surface area contributed by atoms with Gasteiger partial charge in [-0.3, -0.25) is 0 Å². The molecule has 0 atom stereocenters. The highest BCUT2D eigenvalue weighted by Gasteiger charge is 2.14. The maximum Gasteiger partial charge on any atom is 0.165 e. The molecule has 0 aliphatic carbocycles. The molecular formula is C17H16BrFN4O2. The van der Waals surface area contributed by atoms with E-state index in [-0.39, 0.29) is 17.2 Å². The van der Waals surface area contributed by atoms with Crippen LogP contribution < -0.4 is 16.2 Å². The van der Waals surface area contributed by atoms with Gasteiger partial charge in [-0.25, -0.2) is 14.4 Å². The number of fused-ring (bicyclic) bond motifs is 1. The molecule has 25 heavy (non-hydrogen) atoms. The first-order chi connectivity index (χ1) is 12.0. The molecular weight excluding hydrogens is 391 g/mol. The van der Waals surface area contributed by atoms with Crippen molar-refractivity contribution < 1.29 is 13.9 Å². The molecule has 0 saturated carbocycles. The zero-order valence-electron chi connectivity index (χ0n) is 13.4. The van der Waals surface area contributed by atoms with E-state index in [4.69, 9.17) is 20.9 Å². The fourth-order valence-corrected chi connectivity index (χ4v) is 2.68. The number of nitrogen functional groups attached to an aromatic ring is 2. The van der Waals surface area contributed by atoms with Gasteiger partial charge in [-0.15, -0.1) is 0 Å². The van der Waals surface area contributed by atoms with Crippen molar-refractivity contribution in [2.45, 2.75) is 0 Å². The summed E-state index contributed by atoms with van der Waals surface area (Å²) in [7, 11) is 1.58. The normalized spacial score (nSPS) is 11.0. The fraction of sp³-hybridized carbons (Fsp3) is 0.176. The molecule has 4 N–H and O–H groups in total. The zero-order chi connectivity index (χ0) is 18.0. The average molecular weight is 407 g/mol.